The van der Waals surface area contributed by atoms with Crippen molar-refractivity contribution in [3.8, 4) is 5.75 Å². The monoisotopic (exact) mass is 354 g/mol. The van der Waals surface area contributed by atoms with Gasteiger partial charge in [0.2, 0.25) is 0 Å². The molecular formula is C18H18N4O2S. The quantitative estimate of drug-likeness (QED) is 0.556. The first-order valence-electron chi connectivity index (χ1n) is 7.63. The number of nitrogens with two attached hydrogens (primary N) is 1. The molecule has 1 amide bonds. The number of carbonyl (C=O) groups is 1. The van der Waals surface area contributed by atoms with Crippen LogP contribution in [0.1, 0.15) is 26.5 Å². The Labute approximate surface area is 149 Å². The van der Waals surface area contributed by atoms with Gasteiger partial charge in [-0.05, 0) is 43.2 Å². The molecule has 6 nitrogen and oxygen atoms in total. The van der Waals surface area contributed by atoms with Crippen molar-refractivity contribution in [1.82, 2.24) is 10.4 Å². The molecule has 7 heteroatoms. The molecule has 2 aromatic heterocycles. The molecular weight excluding hydrogens is 336 g/mol. The van der Waals surface area contributed by atoms with Gasteiger partial charge in [0, 0.05) is 11.1 Å². The van der Waals surface area contributed by atoms with E-state index in [1.165, 1.54) is 11.3 Å². The summed E-state index contributed by atoms with van der Waals surface area (Å²) in [6.07, 6.45) is 1.55. The molecule has 25 heavy (non-hydrogen) atoms. The van der Waals surface area contributed by atoms with Crippen LogP contribution in [-0.4, -0.2) is 24.2 Å². The number of hydrogen-bond acceptors (Lipinski definition) is 6. The summed E-state index contributed by atoms with van der Waals surface area (Å²) in [5, 5.41) is 4.83. The highest BCUT2D eigenvalue weighted by atomic mass is 32.1. The number of methoxy groups -OCH3 is 1. The first-order valence-corrected chi connectivity index (χ1v) is 8.45. The fourth-order valence-electron chi connectivity index (χ4n) is 2.58. The van der Waals surface area contributed by atoms with Gasteiger partial charge in [-0.15, -0.1) is 11.3 Å². The summed E-state index contributed by atoms with van der Waals surface area (Å²) < 4.78 is 5.15. The number of benzene rings is 1. The Morgan fingerprint density at radius 1 is 1.36 bits per heavy atom. The lowest BCUT2D eigenvalue weighted by Gasteiger charge is -2.01. The highest BCUT2D eigenvalue weighted by Gasteiger charge is 2.18. The lowest BCUT2D eigenvalue weighted by Crippen LogP contribution is -2.17. The number of rotatable bonds is 4. The van der Waals surface area contributed by atoms with Crippen LogP contribution < -0.4 is 15.9 Å². The number of pyridine rings is 1. The van der Waals surface area contributed by atoms with Crippen molar-refractivity contribution in [3.63, 3.8) is 0 Å². The zero-order valence-corrected chi connectivity index (χ0v) is 15.0. The van der Waals surface area contributed by atoms with E-state index in [9.17, 15) is 4.79 Å². The molecule has 0 atom stereocenters. The average molecular weight is 354 g/mol. The van der Waals surface area contributed by atoms with Gasteiger partial charge < -0.3 is 10.5 Å². The van der Waals surface area contributed by atoms with E-state index >= 15 is 0 Å². The number of aromatic nitrogens is 1. The van der Waals surface area contributed by atoms with Gasteiger partial charge in [-0.2, -0.15) is 5.10 Å². The summed E-state index contributed by atoms with van der Waals surface area (Å²) in [6, 6.07) is 9.32. The highest BCUT2D eigenvalue weighted by Crippen LogP contribution is 2.34. The minimum atomic E-state index is -0.350. The fourth-order valence-corrected chi connectivity index (χ4v) is 3.68. The maximum absolute atomic E-state index is 12.4. The average Bonchev–Trinajstić information content (AvgIpc) is 2.91. The molecule has 3 N–H and O–H groups in total. The van der Waals surface area contributed by atoms with Gasteiger partial charge in [-0.3, -0.25) is 4.79 Å². The number of aryl methyl sites for hydroxylation is 2. The molecule has 3 rings (SSSR count). The molecule has 1 aromatic carbocycles. The fraction of sp³-hybridized carbons (Fsp3) is 0.167. The van der Waals surface area contributed by atoms with Crippen molar-refractivity contribution in [3.05, 3.63) is 52.0 Å². The van der Waals surface area contributed by atoms with Crippen molar-refractivity contribution in [2.75, 3.05) is 12.8 Å². The standard InChI is InChI=1S/C18H18N4O2S/c1-10-7-11(2)21-18-14(10)15(19)16(25-18)17(23)22-20-9-12-5-4-6-13(8-12)24-3/h4-9H,19H2,1-3H3,(H,22,23). The van der Waals surface area contributed by atoms with E-state index in [0.717, 1.165) is 32.8 Å². The predicted octanol–water partition coefficient (Wildman–Crippen LogP) is 3.27. The van der Waals surface area contributed by atoms with Crippen LogP contribution in [0, 0.1) is 13.8 Å². The van der Waals surface area contributed by atoms with Crippen molar-refractivity contribution >= 4 is 39.4 Å². The van der Waals surface area contributed by atoms with Crippen molar-refractivity contribution in [2.45, 2.75) is 13.8 Å². The summed E-state index contributed by atoms with van der Waals surface area (Å²) in [5.74, 6) is 0.373. The number of thiophene rings is 1. The maximum Gasteiger partial charge on any atom is 0.283 e. The molecule has 0 spiro atoms. The second-order valence-electron chi connectivity index (χ2n) is 5.58. The third kappa shape index (κ3) is 3.46. The zero-order chi connectivity index (χ0) is 18.0. The van der Waals surface area contributed by atoms with Crippen LogP contribution in [0.15, 0.2) is 35.4 Å². The zero-order valence-electron chi connectivity index (χ0n) is 14.2. The summed E-state index contributed by atoms with van der Waals surface area (Å²) in [6.45, 7) is 3.88. The van der Waals surface area contributed by atoms with Crippen molar-refractivity contribution < 1.29 is 9.53 Å². The van der Waals surface area contributed by atoms with Crippen LogP contribution in [0.3, 0.4) is 0 Å². The minimum Gasteiger partial charge on any atom is -0.497 e. The number of ether oxygens (including phenoxy) is 1. The topological polar surface area (TPSA) is 89.6 Å². The van der Waals surface area contributed by atoms with E-state index < -0.39 is 0 Å². The first-order chi connectivity index (χ1) is 12.0. The third-order valence-corrected chi connectivity index (χ3v) is 4.80. The predicted molar refractivity (Wildman–Crippen MR) is 102 cm³/mol. The largest absolute Gasteiger partial charge is 0.497 e. The molecule has 0 bridgehead atoms. The lowest BCUT2D eigenvalue weighted by atomic mass is 10.1. The number of nitrogens with zero attached hydrogens (tertiary/aromatic N) is 2. The molecule has 0 aliphatic carbocycles. The van der Waals surface area contributed by atoms with Crippen LogP contribution in [0.2, 0.25) is 0 Å². The second kappa shape index (κ2) is 6.90. The Kier molecular flexibility index (Phi) is 4.67. The van der Waals surface area contributed by atoms with E-state index in [-0.39, 0.29) is 5.91 Å². The summed E-state index contributed by atoms with van der Waals surface area (Å²) in [4.78, 5) is 18.0. The number of hydrogen-bond donors (Lipinski definition) is 2. The smallest absolute Gasteiger partial charge is 0.283 e. The van der Waals surface area contributed by atoms with Crippen LogP contribution in [0.4, 0.5) is 5.69 Å². The Bertz CT molecular complexity index is 979. The molecule has 0 aliphatic rings. The SMILES string of the molecule is COc1cccc(C=NNC(=O)c2sc3nc(C)cc(C)c3c2N)c1. The van der Waals surface area contributed by atoms with Gasteiger partial charge in [0.25, 0.3) is 5.91 Å². The third-order valence-electron chi connectivity index (χ3n) is 3.70. The summed E-state index contributed by atoms with van der Waals surface area (Å²) in [7, 11) is 1.60. The highest BCUT2D eigenvalue weighted by molar-refractivity contribution is 7.21. The molecule has 0 saturated heterocycles. The lowest BCUT2D eigenvalue weighted by molar-refractivity contribution is 0.0960. The molecule has 3 aromatic rings. The van der Waals surface area contributed by atoms with E-state index in [4.69, 9.17) is 10.5 Å². The molecule has 0 unspecified atom stereocenters. The van der Waals surface area contributed by atoms with Crippen LogP contribution >= 0.6 is 11.3 Å². The Balaban J connectivity index is 1.81. The van der Waals surface area contributed by atoms with Gasteiger partial charge in [0.15, 0.2) is 0 Å². The van der Waals surface area contributed by atoms with Crippen molar-refractivity contribution in [1.29, 1.82) is 0 Å². The minimum absolute atomic E-state index is 0.350. The molecule has 0 aliphatic heterocycles. The summed E-state index contributed by atoms with van der Waals surface area (Å²) >= 11 is 1.27. The Morgan fingerprint density at radius 3 is 2.92 bits per heavy atom. The molecule has 2 heterocycles. The van der Waals surface area contributed by atoms with Crippen LogP contribution in [0.25, 0.3) is 10.2 Å². The normalized spacial score (nSPS) is 11.2. The van der Waals surface area contributed by atoms with Gasteiger partial charge in [0.05, 0.1) is 19.0 Å². The van der Waals surface area contributed by atoms with Gasteiger partial charge in [-0.25, -0.2) is 10.4 Å². The molecule has 0 saturated carbocycles. The molecule has 0 fully saturated rings. The van der Waals surface area contributed by atoms with E-state index in [0.29, 0.717) is 10.6 Å². The Hall–Kier alpha value is -2.93. The number of hydrazone groups is 1. The maximum atomic E-state index is 12.4. The van der Waals surface area contributed by atoms with Crippen molar-refractivity contribution in [2.24, 2.45) is 5.10 Å². The number of anilines is 1. The number of nitrogen functional groups attached to an aromatic ring is 1. The second-order valence-corrected chi connectivity index (χ2v) is 6.58. The summed E-state index contributed by atoms with van der Waals surface area (Å²) in [5.41, 5.74) is 11.8. The van der Waals surface area contributed by atoms with E-state index in [1.807, 2.05) is 44.2 Å². The molecule has 128 valence electrons. The first kappa shape index (κ1) is 16.9. The number of amides is 1. The van der Waals surface area contributed by atoms with Crippen LogP contribution in [0.5, 0.6) is 5.75 Å². The molecule has 0 radical (unpaired) electrons. The Morgan fingerprint density at radius 2 is 2.16 bits per heavy atom. The van der Waals surface area contributed by atoms with Gasteiger partial charge in [0.1, 0.15) is 15.5 Å². The van der Waals surface area contributed by atoms with Gasteiger partial charge in [-0.1, -0.05) is 12.1 Å². The number of fused-ring (bicyclic) bond motifs is 1. The van der Waals surface area contributed by atoms with Crippen LogP contribution in [-0.2, 0) is 0 Å². The van der Waals surface area contributed by atoms with E-state index in [1.54, 1.807) is 13.3 Å². The number of carbonyl (C=O) groups excluding carboxylic acids is 1. The number of nitrogens with one attached hydrogen (secondary N) is 1. The van der Waals surface area contributed by atoms with Gasteiger partial charge >= 0.3 is 0 Å². The van der Waals surface area contributed by atoms with E-state index in [2.05, 4.69) is 15.5 Å².